The fourth-order valence-corrected chi connectivity index (χ4v) is 3.91. The zero-order valence-corrected chi connectivity index (χ0v) is 14.1. The fraction of sp³-hybridized carbons (Fsp3) is 0.375. The Balaban J connectivity index is 2.29. The number of hydrogen-bond acceptors (Lipinski definition) is 2. The largest absolute Gasteiger partial charge is 0.310 e. The van der Waals surface area contributed by atoms with Crippen molar-refractivity contribution in [2.24, 2.45) is 0 Å². The lowest BCUT2D eigenvalue weighted by Crippen LogP contribution is -2.23. The quantitative estimate of drug-likeness (QED) is 0.807. The zero-order valence-electron chi connectivity index (χ0n) is 11.7. The first-order valence-electron chi connectivity index (χ1n) is 6.64. The summed E-state index contributed by atoms with van der Waals surface area (Å²) in [5.74, 6) is 0. The summed E-state index contributed by atoms with van der Waals surface area (Å²) in [5.41, 5.74) is 4.19. The second kappa shape index (κ2) is 6.69. The summed E-state index contributed by atoms with van der Waals surface area (Å²) in [5, 5.41) is 5.76. The third kappa shape index (κ3) is 3.47. The molecular weight excluding hydrogens is 318 g/mol. The van der Waals surface area contributed by atoms with E-state index in [0.29, 0.717) is 6.04 Å². The van der Waals surface area contributed by atoms with Gasteiger partial charge >= 0.3 is 0 Å². The highest BCUT2D eigenvalue weighted by Crippen LogP contribution is 2.30. The molecule has 0 amide bonds. The molecule has 1 aromatic carbocycles. The van der Waals surface area contributed by atoms with E-state index in [-0.39, 0.29) is 0 Å². The maximum absolute atomic E-state index is 3.63. The van der Waals surface area contributed by atoms with Gasteiger partial charge in [-0.3, -0.25) is 0 Å². The van der Waals surface area contributed by atoms with E-state index in [4.69, 9.17) is 0 Å². The average molecular weight is 338 g/mol. The Morgan fingerprint density at radius 3 is 2.68 bits per heavy atom. The van der Waals surface area contributed by atoms with Gasteiger partial charge in [-0.05, 0) is 64.5 Å². The van der Waals surface area contributed by atoms with E-state index in [0.717, 1.165) is 13.0 Å². The van der Waals surface area contributed by atoms with Gasteiger partial charge in [0, 0.05) is 21.8 Å². The minimum Gasteiger partial charge on any atom is -0.310 e. The number of rotatable bonds is 5. The van der Waals surface area contributed by atoms with Crippen molar-refractivity contribution in [2.75, 3.05) is 6.54 Å². The molecule has 2 aromatic rings. The molecule has 1 unspecified atom stereocenters. The zero-order chi connectivity index (χ0) is 13.8. The van der Waals surface area contributed by atoms with Gasteiger partial charge in [0.1, 0.15) is 0 Å². The molecule has 0 radical (unpaired) electrons. The van der Waals surface area contributed by atoms with Crippen molar-refractivity contribution in [3.63, 3.8) is 0 Å². The molecule has 0 aliphatic rings. The molecule has 0 saturated heterocycles. The lowest BCUT2D eigenvalue weighted by Gasteiger charge is -2.21. The maximum Gasteiger partial charge on any atom is 0.0371 e. The van der Waals surface area contributed by atoms with Crippen LogP contribution in [0.5, 0.6) is 0 Å². The molecule has 19 heavy (non-hydrogen) atoms. The van der Waals surface area contributed by atoms with E-state index in [2.05, 4.69) is 71.7 Å². The first kappa shape index (κ1) is 14.8. The van der Waals surface area contributed by atoms with Gasteiger partial charge < -0.3 is 5.32 Å². The van der Waals surface area contributed by atoms with Crippen molar-refractivity contribution in [3.8, 4) is 0 Å². The van der Waals surface area contributed by atoms with E-state index >= 15 is 0 Å². The highest BCUT2D eigenvalue weighted by molar-refractivity contribution is 9.10. The Hall–Kier alpha value is -0.640. The van der Waals surface area contributed by atoms with Crippen LogP contribution < -0.4 is 5.32 Å². The topological polar surface area (TPSA) is 12.0 Å². The highest BCUT2D eigenvalue weighted by atomic mass is 79.9. The molecule has 0 fully saturated rings. The Labute approximate surface area is 128 Å². The summed E-state index contributed by atoms with van der Waals surface area (Å²) < 4.78 is 1.23. The predicted octanol–water partition coefficient (Wildman–Crippen LogP) is 5.02. The smallest absolute Gasteiger partial charge is 0.0371 e. The van der Waals surface area contributed by atoms with Crippen LogP contribution in [0.25, 0.3) is 0 Å². The fourth-order valence-electron chi connectivity index (χ4n) is 2.35. The van der Waals surface area contributed by atoms with Gasteiger partial charge in [-0.15, -0.1) is 11.3 Å². The van der Waals surface area contributed by atoms with Gasteiger partial charge in [0.15, 0.2) is 0 Å². The van der Waals surface area contributed by atoms with Crippen LogP contribution in [-0.4, -0.2) is 6.54 Å². The van der Waals surface area contributed by atoms with Gasteiger partial charge in [-0.25, -0.2) is 0 Å². The van der Waals surface area contributed by atoms with Crippen LogP contribution in [-0.2, 0) is 6.42 Å². The molecule has 3 heteroatoms. The first-order valence-corrected chi connectivity index (χ1v) is 8.32. The molecule has 1 heterocycles. The molecule has 2 rings (SSSR count). The normalized spacial score (nSPS) is 12.6. The second-order valence-corrected chi connectivity index (χ2v) is 6.65. The van der Waals surface area contributed by atoms with Crippen molar-refractivity contribution in [3.05, 3.63) is 55.7 Å². The Bertz CT molecular complexity index is 547. The summed E-state index contributed by atoms with van der Waals surface area (Å²) in [6, 6.07) is 9.11. The minimum atomic E-state index is 0.389. The predicted molar refractivity (Wildman–Crippen MR) is 88.1 cm³/mol. The molecule has 1 aromatic heterocycles. The molecule has 0 aliphatic heterocycles. The number of halogens is 1. The summed E-state index contributed by atoms with van der Waals surface area (Å²) in [6.07, 6.45) is 1.04. The molecule has 1 N–H and O–H groups in total. The van der Waals surface area contributed by atoms with Gasteiger partial charge in [-0.1, -0.05) is 25.1 Å². The summed E-state index contributed by atoms with van der Waals surface area (Å²) in [7, 11) is 0. The van der Waals surface area contributed by atoms with Crippen molar-refractivity contribution < 1.29 is 0 Å². The van der Waals surface area contributed by atoms with Crippen LogP contribution in [0.1, 0.15) is 34.5 Å². The minimum absolute atomic E-state index is 0.389. The maximum atomic E-state index is 3.63. The standard InChI is InChI=1S/C16H20BrNS/c1-4-18-15(10-16-14(17)8-9-19-16)13-7-5-6-11(2)12(13)3/h5-9,15,18H,4,10H2,1-3H3. The molecule has 0 bridgehead atoms. The van der Waals surface area contributed by atoms with E-state index in [1.54, 1.807) is 0 Å². The molecule has 1 nitrogen and oxygen atoms in total. The van der Waals surface area contributed by atoms with Crippen molar-refractivity contribution in [1.82, 2.24) is 5.32 Å². The third-order valence-electron chi connectivity index (χ3n) is 3.55. The lowest BCUT2D eigenvalue weighted by molar-refractivity contribution is 0.550. The number of thiophene rings is 1. The van der Waals surface area contributed by atoms with E-state index in [1.165, 1.54) is 26.0 Å². The summed E-state index contributed by atoms with van der Waals surface area (Å²) in [4.78, 5) is 1.41. The Morgan fingerprint density at radius 1 is 1.26 bits per heavy atom. The monoisotopic (exact) mass is 337 g/mol. The molecule has 0 spiro atoms. The van der Waals surface area contributed by atoms with Gasteiger partial charge in [0.25, 0.3) is 0 Å². The SMILES string of the molecule is CCNC(Cc1sccc1Br)c1cccc(C)c1C. The van der Waals surface area contributed by atoms with Crippen LogP contribution in [0, 0.1) is 13.8 Å². The summed E-state index contributed by atoms with van der Waals surface area (Å²) in [6.45, 7) is 7.56. The summed E-state index contributed by atoms with van der Waals surface area (Å²) >= 11 is 5.46. The van der Waals surface area contributed by atoms with Gasteiger partial charge in [0.05, 0.1) is 0 Å². The molecular formula is C16H20BrNS. The number of likely N-dealkylation sites (N-methyl/N-ethyl adjacent to an activating group) is 1. The first-order chi connectivity index (χ1) is 9.13. The van der Waals surface area contributed by atoms with E-state index in [9.17, 15) is 0 Å². The van der Waals surface area contributed by atoms with Crippen molar-refractivity contribution >= 4 is 27.3 Å². The number of benzene rings is 1. The lowest BCUT2D eigenvalue weighted by atomic mass is 9.95. The van der Waals surface area contributed by atoms with E-state index < -0.39 is 0 Å². The van der Waals surface area contributed by atoms with Crippen LogP contribution in [0.3, 0.4) is 0 Å². The number of nitrogens with one attached hydrogen (secondary N) is 1. The van der Waals surface area contributed by atoms with Crippen molar-refractivity contribution in [2.45, 2.75) is 33.2 Å². The van der Waals surface area contributed by atoms with Gasteiger partial charge in [-0.2, -0.15) is 0 Å². The second-order valence-electron chi connectivity index (χ2n) is 4.80. The molecule has 0 saturated carbocycles. The molecule has 1 atom stereocenters. The number of hydrogen-bond donors (Lipinski definition) is 1. The van der Waals surface area contributed by atoms with Crippen LogP contribution in [0.15, 0.2) is 34.1 Å². The Morgan fingerprint density at radius 2 is 2.05 bits per heavy atom. The van der Waals surface area contributed by atoms with Crippen LogP contribution in [0.2, 0.25) is 0 Å². The van der Waals surface area contributed by atoms with Crippen LogP contribution >= 0.6 is 27.3 Å². The number of aryl methyl sites for hydroxylation is 1. The van der Waals surface area contributed by atoms with Gasteiger partial charge in [0.2, 0.25) is 0 Å². The average Bonchev–Trinajstić information content (AvgIpc) is 2.78. The molecule has 102 valence electrons. The third-order valence-corrected chi connectivity index (χ3v) is 5.50. The van der Waals surface area contributed by atoms with E-state index in [1.807, 2.05) is 11.3 Å². The Kier molecular flexibility index (Phi) is 5.20. The van der Waals surface area contributed by atoms with Crippen LogP contribution in [0.4, 0.5) is 0 Å². The van der Waals surface area contributed by atoms with Crippen molar-refractivity contribution in [1.29, 1.82) is 0 Å². The molecule has 0 aliphatic carbocycles. The highest BCUT2D eigenvalue weighted by Gasteiger charge is 2.16.